The summed E-state index contributed by atoms with van der Waals surface area (Å²) in [4.78, 5) is 0. The van der Waals surface area contributed by atoms with Gasteiger partial charge >= 0.3 is 0 Å². The topological polar surface area (TPSA) is 0 Å². The van der Waals surface area contributed by atoms with Gasteiger partial charge in [-0.2, -0.15) is 0 Å². The Kier molecular flexibility index (Phi) is 7.40. The highest BCUT2D eigenvalue weighted by Gasteiger charge is 2.26. The van der Waals surface area contributed by atoms with Crippen LogP contribution in [0, 0.1) is 54.8 Å². The first-order valence-electron chi connectivity index (χ1n) is 12.5. The van der Waals surface area contributed by atoms with Crippen LogP contribution in [0.4, 0.5) is 26.3 Å². The van der Waals surface area contributed by atoms with Gasteiger partial charge in [0.2, 0.25) is 0 Å². The van der Waals surface area contributed by atoms with Crippen molar-refractivity contribution in [2.45, 2.75) is 25.9 Å². The molecule has 0 N–H and O–H groups in total. The van der Waals surface area contributed by atoms with Crippen molar-refractivity contribution in [1.29, 1.82) is 0 Å². The van der Waals surface area contributed by atoms with Crippen LogP contribution in [0.2, 0.25) is 0 Å². The highest BCUT2D eigenvalue weighted by Crippen LogP contribution is 2.36. The second kappa shape index (κ2) is 10.9. The Labute approximate surface area is 228 Å². The van der Waals surface area contributed by atoms with Crippen LogP contribution in [0.1, 0.15) is 39.3 Å². The van der Waals surface area contributed by atoms with Crippen LogP contribution in [0.5, 0.6) is 0 Å². The minimum absolute atomic E-state index is 0.0790. The monoisotopic (exact) mass is 544 g/mol. The summed E-state index contributed by atoms with van der Waals surface area (Å²) in [5.41, 5.74) is 3.86. The maximum atomic E-state index is 15.2. The van der Waals surface area contributed by atoms with Crippen molar-refractivity contribution in [1.82, 2.24) is 0 Å². The van der Waals surface area contributed by atoms with Gasteiger partial charge in [-0.15, -0.1) is 0 Å². The summed E-state index contributed by atoms with van der Waals surface area (Å²) >= 11 is 0. The van der Waals surface area contributed by atoms with E-state index in [9.17, 15) is 17.6 Å². The van der Waals surface area contributed by atoms with E-state index in [4.69, 9.17) is 0 Å². The highest BCUT2D eigenvalue weighted by atomic mass is 19.2. The maximum absolute atomic E-state index is 15.2. The maximum Gasteiger partial charge on any atom is 0.194 e. The molecule has 0 aliphatic heterocycles. The van der Waals surface area contributed by atoms with E-state index in [1.165, 1.54) is 36.4 Å². The standard InChI is InChI=1S/C34H22F6/c1-19-3-5-21(6-4-19)7-8-22-14-31(37)28(13-20(22)2)24-10-11-26(29(35)16-24)23-9-12-27(30(36)15-23)25-17-32(38)34(40)33(39)18-25/h3-6,9-18,27,30H,1-2H3. The van der Waals surface area contributed by atoms with E-state index >= 15 is 8.78 Å². The number of hydrogen-bond acceptors (Lipinski definition) is 0. The molecular weight excluding hydrogens is 522 g/mol. The van der Waals surface area contributed by atoms with Crippen molar-refractivity contribution in [2.75, 3.05) is 0 Å². The van der Waals surface area contributed by atoms with Crippen LogP contribution in [0.3, 0.4) is 0 Å². The molecule has 4 aromatic carbocycles. The zero-order chi connectivity index (χ0) is 28.6. The van der Waals surface area contributed by atoms with E-state index in [2.05, 4.69) is 11.8 Å². The summed E-state index contributed by atoms with van der Waals surface area (Å²) in [6, 6.07) is 16.2. The number of hydrogen-bond donors (Lipinski definition) is 0. The zero-order valence-corrected chi connectivity index (χ0v) is 21.5. The van der Waals surface area contributed by atoms with Crippen molar-refractivity contribution in [3.8, 4) is 23.0 Å². The Morgan fingerprint density at radius 2 is 1.35 bits per heavy atom. The fourth-order valence-electron chi connectivity index (χ4n) is 4.62. The number of rotatable bonds is 3. The molecule has 200 valence electrons. The molecule has 0 nitrogen and oxygen atoms in total. The van der Waals surface area contributed by atoms with Gasteiger partial charge in [0.25, 0.3) is 0 Å². The summed E-state index contributed by atoms with van der Waals surface area (Å²) in [5.74, 6) is -0.785. The average Bonchev–Trinajstić information content (AvgIpc) is 2.92. The molecule has 0 saturated carbocycles. The molecule has 1 aliphatic carbocycles. The zero-order valence-electron chi connectivity index (χ0n) is 21.5. The smallest absolute Gasteiger partial charge is 0.194 e. The van der Waals surface area contributed by atoms with Crippen molar-refractivity contribution in [3.63, 3.8) is 0 Å². The van der Waals surface area contributed by atoms with E-state index in [0.717, 1.165) is 34.9 Å². The van der Waals surface area contributed by atoms with Gasteiger partial charge in [-0.05, 0) is 84.7 Å². The van der Waals surface area contributed by atoms with Gasteiger partial charge in [0.05, 0.1) is 0 Å². The van der Waals surface area contributed by atoms with Crippen LogP contribution in [-0.4, -0.2) is 6.17 Å². The molecule has 0 heterocycles. The number of benzene rings is 4. The van der Waals surface area contributed by atoms with Crippen molar-refractivity contribution < 1.29 is 26.3 Å². The van der Waals surface area contributed by atoms with Crippen molar-refractivity contribution in [2.24, 2.45) is 0 Å². The third-order valence-electron chi connectivity index (χ3n) is 6.85. The van der Waals surface area contributed by atoms with Crippen molar-refractivity contribution >= 4 is 5.57 Å². The lowest BCUT2D eigenvalue weighted by Crippen LogP contribution is -2.14. The molecule has 0 radical (unpaired) electrons. The molecule has 0 fully saturated rings. The third kappa shape index (κ3) is 5.46. The van der Waals surface area contributed by atoms with Gasteiger partial charge < -0.3 is 0 Å². The Morgan fingerprint density at radius 3 is 2.00 bits per heavy atom. The van der Waals surface area contributed by atoms with Gasteiger partial charge in [-0.3, -0.25) is 0 Å². The first kappa shape index (κ1) is 27.1. The molecule has 2 unspecified atom stereocenters. The summed E-state index contributed by atoms with van der Waals surface area (Å²) in [7, 11) is 0. The summed E-state index contributed by atoms with van der Waals surface area (Å²) in [6.45, 7) is 3.77. The Hall–Kier alpha value is -4.50. The second-order valence-electron chi connectivity index (χ2n) is 9.71. The minimum atomic E-state index is -1.74. The van der Waals surface area contributed by atoms with Gasteiger partial charge in [0, 0.05) is 28.2 Å². The van der Waals surface area contributed by atoms with E-state index in [-0.39, 0.29) is 22.3 Å². The largest absolute Gasteiger partial charge is 0.242 e. The quantitative estimate of drug-likeness (QED) is 0.137. The van der Waals surface area contributed by atoms with E-state index in [1.807, 2.05) is 31.2 Å². The van der Waals surface area contributed by atoms with Gasteiger partial charge in [-0.25, -0.2) is 26.3 Å². The molecule has 6 heteroatoms. The fraction of sp³-hybridized carbons (Fsp3) is 0.118. The van der Waals surface area contributed by atoms with Crippen LogP contribution in [-0.2, 0) is 0 Å². The lowest BCUT2D eigenvalue weighted by atomic mass is 9.86. The molecule has 5 rings (SSSR count). The average molecular weight is 545 g/mol. The SMILES string of the molecule is Cc1ccc(C#Cc2cc(F)c(-c3ccc(C4=CC(F)C(c5cc(F)c(F)c(F)c5)C=C4)c(F)c3)cc2C)cc1. The number of aryl methyl sites for hydroxylation is 2. The molecule has 0 spiro atoms. The first-order chi connectivity index (χ1) is 19.1. The van der Waals surface area contributed by atoms with Crippen molar-refractivity contribution in [3.05, 3.63) is 147 Å². The lowest BCUT2D eigenvalue weighted by Gasteiger charge is -2.21. The molecule has 0 saturated heterocycles. The summed E-state index contributed by atoms with van der Waals surface area (Å²) in [6.07, 6.45) is 2.18. The number of alkyl halides is 1. The predicted octanol–water partition coefficient (Wildman–Crippen LogP) is 9.14. The van der Waals surface area contributed by atoms with Crippen LogP contribution in [0.15, 0.2) is 85.0 Å². The molecule has 0 amide bonds. The Morgan fingerprint density at radius 1 is 0.675 bits per heavy atom. The molecule has 1 aliphatic rings. The molecule has 0 aromatic heterocycles. The molecule has 4 aromatic rings. The van der Waals surface area contributed by atoms with Crippen LogP contribution >= 0.6 is 0 Å². The summed E-state index contributed by atoms with van der Waals surface area (Å²) < 4.78 is 85.8. The Bertz CT molecular complexity index is 1710. The second-order valence-corrected chi connectivity index (χ2v) is 9.71. The molecule has 2 atom stereocenters. The normalized spacial score (nSPS) is 16.4. The highest BCUT2D eigenvalue weighted by molar-refractivity contribution is 5.78. The minimum Gasteiger partial charge on any atom is -0.242 e. The Balaban J connectivity index is 1.39. The predicted molar refractivity (Wildman–Crippen MR) is 145 cm³/mol. The first-order valence-corrected chi connectivity index (χ1v) is 12.5. The molecular formula is C34H22F6. The fourth-order valence-corrected chi connectivity index (χ4v) is 4.62. The lowest BCUT2D eigenvalue weighted by molar-refractivity contribution is 0.366. The van der Waals surface area contributed by atoms with E-state index < -0.39 is 41.2 Å². The van der Waals surface area contributed by atoms with E-state index in [1.54, 1.807) is 13.0 Å². The van der Waals surface area contributed by atoms with Crippen LogP contribution in [0.25, 0.3) is 16.7 Å². The summed E-state index contributed by atoms with van der Waals surface area (Å²) in [5, 5.41) is 0. The van der Waals surface area contributed by atoms with Gasteiger partial charge in [0.1, 0.15) is 17.8 Å². The number of allylic oxidation sites excluding steroid dienone is 4. The third-order valence-corrected chi connectivity index (χ3v) is 6.85. The van der Waals surface area contributed by atoms with Gasteiger partial charge in [-0.1, -0.05) is 53.8 Å². The van der Waals surface area contributed by atoms with Crippen LogP contribution < -0.4 is 0 Å². The molecule has 0 bridgehead atoms. The number of halogens is 6. The van der Waals surface area contributed by atoms with Gasteiger partial charge in [0.15, 0.2) is 17.5 Å². The van der Waals surface area contributed by atoms with E-state index in [0.29, 0.717) is 11.1 Å². The molecule has 40 heavy (non-hydrogen) atoms.